The van der Waals surface area contributed by atoms with Gasteiger partial charge >= 0.3 is 0 Å². The first kappa shape index (κ1) is 15.0. The molecule has 1 N–H and O–H groups in total. The molecule has 0 atom stereocenters. The molecule has 22 heavy (non-hydrogen) atoms. The molecule has 2 aromatic heterocycles. The first-order chi connectivity index (χ1) is 10.6. The second-order valence-electron chi connectivity index (χ2n) is 5.36. The Morgan fingerprint density at radius 3 is 2.91 bits per heavy atom. The molecule has 1 aliphatic rings. The van der Waals surface area contributed by atoms with Crippen molar-refractivity contribution in [1.29, 1.82) is 0 Å². The van der Waals surface area contributed by atoms with E-state index in [1.807, 2.05) is 16.9 Å². The Kier molecular flexibility index (Phi) is 4.37. The maximum atomic E-state index is 10.7. The number of hydrogen-bond donors (Lipinski definition) is 1. The molecule has 0 spiro atoms. The zero-order valence-corrected chi connectivity index (χ0v) is 13.5. The van der Waals surface area contributed by atoms with Crippen molar-refractivity contribution in [1.82, 2.24) is 14.8 Å². The molecule has 1 aliphatic carbocycles. The highest BCUT2D eigenvalue weighted by molar-refractivity contribution is 9.10. The first-order valence-corrected chi connectivity index (χ1v) is 8.00. The van der Waals surface area contributed by atoms with E-state index in [1.54, 1.807) is 0 Å². The van der Waals surface area contributed by atoms with Crippen molar-refractivity contribution in [2.75, 3.05) is 5.32 Å². The molecular weight excluding hydrogens is 350 g/mol. The van der Waals surface area contributed by atoms with Crippen LogP contribution >= 0.6 is 15.9 Å². The van der Waals surface area contributed by atoms with Crippen molar-refractivity contribution >= 4 is 27.4 Å². The first-order valence-electron chi connectivity index (χ1n) is 7.21. The number of nitrogens with one attached hydrogen (secondary N) is 1. The van der Waals surface area contributed by atoms with Gasteiger partial charge in [0.2, 0.25) is 0 Å². The van der Waals surface area contributed by atoms with Crippen LogP contribution in [0.25, 0.3) is 0 Å². The number of aromatic nitrogens is 3. The summed E-state index contributed by atoms with van der Waals surface area (Å²) in [5, 5.41) is 18.4. The molecule has 116 valence electrons. The van der Waals surface area contributed by atoms with Gasteiger partial charge in [-0.3, -0.25) is 14.8 Å². The van der Waals surface area contributed by atoms with Gasteiger partial charge in [-0.25, -0.2) is 4.98 Å². The molecule has 0 radical (unpaired) electrons. The van der Waals surface area contributed by atoms with Gasteiger partial charge in [-0.2, -0.15) is 5.10 Å². The fourth-order valence-electron chi connectivity index (χ4n) is 2.68. The van der Waals surface area contributed by atoms with E-state index >= 15 is 0 Å². The van der Waals surface area contributed by atoms with Crippen molar-refractivity contribution in [3.63, 3.8) is 0 Å². The third-order valence-electron chi connectivity index (χ3n) is 3.84. The third-order valence-corrected chi connectivity index (χ3v) is 4.44. The number of halogens is 1. The lowest BCUT2D eigenvalue weighted by atomic mass is 10.3. The van der Waals surface area contributed by atoms with Crippen molar-refractivity contribution < 1.29 is 4.92 Å². The van der Waals surface area contributed by atoms with E-state index in [2.05, 4.69) is 31.3 Å². The van der Waals surface area contributed by atoms with Crippen LogP contribution < -0.4 is 5.32 Å². The molecule has 1 saturated carbocycles. The predicted octanol–water partition coefficient (Wildman–Crippen LogP) is 3.68. The number of pyridine rings is 1. The number of rotatable bonds is 5. The molecule has 2 heterocycles. The van der Waals surface area contributed by atoms with Crippen LogP contribution in [0.2, 0.25) is 0 Å². The molecule has 2 aromatic rings. The number of nitrogens with zero attached hydrogens (tertiary/aromatic N) is 4. The molecule has 7 nitrogen and oxygen atoms in total. The van der Waals surface area contributed by atoms with Crippen molar-refractivity contribution in [2.45, 2.75) is 38.3 Å². The number of anilines is 1. The highest BCUT2D eigenvalue weighted by Gasteiger charge is 2.17. The smallest absolute Gasteiger partial charge is 0.288 e. The Hall–Kier alpha value is -1.96. The summed E-state index contributed by atoms with van der Waals surface area (Å²) in [7, 11) is 0. The Morgan fingerprint density at radius 1 is 1.45 bits per heavy atom. The van der Waals surface area contributed by atoms with Crippen LogP contribution in [-0.2, 0) is 6.54 Å². The monoisotopic (exact) mass is 365 g/mol. The lowest BCUT2D eigenvalue weighted by Gasteiger charge is -2.09. The minimum Gasteiger partial charge on any atom is -0.363 e. The largest absolute Gasteiger partial charge is 0.363 e. The maximum Gasteiger partial charge on any atom is 0.288 e. The van der Waals surface area contributed by atoms with E-state index in [0.717, 1.165) is 5.69 Å². The van der Waals surface area contributed by atoms with E-state index < -0.39 is 4.92 Å². The topological polar surface area (TPSA) is 85.9 Å². The van der Waals surface area contributed by atoms with Gasteiger partial charge in [0.05, 0.1) is 27.7 Å². The fourth-order valence-corrected chi connectivity index (χ4v) is 3.15. The quantitative estimate of drug-likeness (QED) is 0.645. The van der Waals surface area contributed by atoms with Crippen molar-refractivity contribution in [2.24, 2.45) is 0 Å². The summed E-state index contributed by atoms with van der Waals surface area (Å²) in [4.78, 5) is 14.3. The maximum absolute atomic E-state index is 10.7. The highest BCUT2D eigenvalue weighted by atomic mass is 79.9. The average molecular weight is 366 g/mol. The molecule has 0 bridgehead atoms. The fraction of sp³-hybridized carbons (Fsp3) is 0.429. The zero-order chi connectivity index (χ0) is 15.5. The average Bonchev–Trinajstić information content (AvgIpc) is 3.16. The molecule has 0 unspecified atom stereocenters. The number of hydrogen-bond acceptors (Lipinski definition) is 5. The lowest BCUT2D eigenvalue weighted by molar-refractivity contribution is -0.385. The van der Waals surface area contributed by atoms with Gasteiger partial charge in [0.25, 0.3) is 5.69 Å². The molecule has 0 saturated heterocycles. The van der Waals surface area contributed by atoms with Crippen molar-refractivity contribution in [3.05, 3.63) is 44.8 Å². The van der Waals surface area contributed by atoms with Crippen LogP contribution in [0.1, 0.15) is 37.4 Å². The molecule has 0 aliphatic heterocycles. The van der Waals surface area contributed by atoms with Crippen LogP contribution in [0.4, 0.5) is 11.5 Å². The van der Waals surface area contributed by atoms with E-state index in [-0.39, 0.29) is 5.69 Å². The summed E-state index contributed by atoms with van der Waals surface area (Å²) in [5.41, 5.74) is 0.891. The summed E-state index contributed by atoms with van der Waals surface area (Å²) in [6.07, 6.45) is 8.21. The van der Waals surface area contributed by atoms with Gasteiger partial charge < -0.3 is 5.32 Å². The molecule has 3 rings (SSSR count). The summed E-state index contributed by atoms with van der Waals surface area (Å²) in [6.45, 7) is 0.531. The van der Waals surface area contributed by atoms with Gasteiger partial charge in [0, 0.05) is 12.3 Å². The summed E-state index contributed by atoms with van der Waals surface area (Å²) >= 11 is 3.29. The molecule has 0 aromatic carbocycles. The molecule has 0 amide bonds. The van der Waals surface area contributed by atoms with E-state index in [4.69, 9.17) is 0 Å². The second kappa shape index (κ2) is 6.43. The Balaban J connectivity index is 1.64. The molecule has 8 heteroatoms. The Morgan fingerprint density at radius 2 is 2.23 bits per heavy atom. The second-order valence-corrected chi connectivity index (χ2v) is 6.21. The van der Waals surface area contributed by atoms with Crippen LogP contribution in [0, 0.1) is 10.1 Å². The standard InChI is InChI=1S/C14H16BrN5O2/c15-13-7-12(20(21)22)9-17-14(13)16-8-10-5-6-19(18-10)11-3-1-2-4-11/h5-7,9,11H,1-4,8H2,(H,16,17). The minimum atomic E-state index is -0.467. The summed E-state index contributed by atoms with van der Waals surface area (Å²) in [6, 6.07) is 3.95. The Bertz CT molecular complexity index is 682. The van der Waals surface area contributed by atoms with Gasteiger partial charge in [-0.15, -0.1) is 0 Å². The van der Waals surface area contributed by atoms with Crippen LogP contribution in [0.3, 0.4) is 0 Å². The molecular formula is C14H16BrN5O2. The molecule has 1 fully saturated rings. The normalized spacial score (nSPS) is 15.1. The lowest BCUT2D eigenvalue weighted by Crippen LogP contribution is -2.08. The van der Waals surface area contributed by atoms with E-state index in [9.17, 15) is 10.1 Å². The van der Waals surface area contributed by atoms with Crippen LogP contribution in [-0.4, -0.2) is 19.7 Å². The highest BCUT2D eigenvalue weighted by Crippen LogP contribution is 2.29. The summed E-state index contributed by atoms with van der Waals surface area (Å²) < 4.78 is 2.61. The van der Waals surface area contributed by atoms with E-state index in [0.29, 0.717) is 22.9 Å². The Labute approximate surface area is 136 Å². The zero-order valence-electron chi connectivity index (χ0n) is 11.9. The van der Waals surface area contributed by atoms with E-state index in [1.165, 1.54) is 37.9 Å². The van der Waals surface area contributed by atoms with Crippen LogP contribution in [0.15, 0.2) is 29.0 Å². The van der Waals surface area contributed by atoms with Gasteiger partial charge in [-0.1, -0.05) is 12.8 Å². The third kappa shape index (κ3) is 3.27. The minimum absolute atomic E-state index is 0.0389. The van der Waals surface area contributed by atoms with Gasteiger partial charge in [0.15, 0.2) is 0 Å². The van der Waals surface area contributed by atoms with Gasteiger partial charge in [-0.05, 0) is 34.8 Å². The number of nitro groups is 1. The van der Waals surface area contributed by atoms with Crippen molar-refractivity contribution in [3.8, 4) is 0 Å². The predicted molar refractivity (Wildman–Crippen MR) is 85.7 cm³/mol. The SMILES string of the molecule is O=[N+]([O-])c1cnc(NCc2ccn(C3CCCC3)n2)c(Br)c1. The summed E-state index contributed by atoms with van der Waals surface area (Å²) in [5.74, 6) is 0.570. The van der Waals surface area contributed by atoms with Crippen LogP contribution in [0.5, 0.6) is 0 Å². The van der Waals surface area contributed by atoms with Gasteiger partial charge in [0.1, 0.15) is 12.0 Å².